The van der Waals surface area contributed by atoms with Gasteiger partial charge in [-0.25, -0.2) is 9.67 Å². The van der Waals surface area contributed by atoms with Crippen LogP contribution in [0.5, 0.6) is 0 Å². The van der Waals surface area contributed by atoms with Crippen molar-refractivity contribution in [3.8, 4) is 0 Å². The van der Waals surface area contributed by atoms with E-state index in [1.807, 2.05) is 0 Å². The summed E-state index contributed by atoms with van der Waals surface area (Å²) in [5, 5.41) is 6.31. The zero-order valence-electron chi connectivity index (χ0n) is 8.38. The van der Waals surface area contributed by atoms with E-state index in [2.05, 4.69) is 20.4 Å². The maximum Gasteiger partial charge on any atom is 0.259 e. The molecule has 0 aromatic carbocycles. The first kappa shape index (κ1) is 10.2. The molecular formula is C9H8FN5O. The topological polar surface area (TPSA) is 72.7 Å². The molecule has 2 heterocycles. The lowest BCUT2D eigenvalue weighted by atomic mass is 10.3. The van der Waals surface area contributed by atoms with Crippen LogP contribution in [0.15, 0.2) is 24.7 Å². The molecule has 16 heavy (non-hydrogen) atoms. The number of rotatable bonds is 2. The number of hydrogen-bond acceptors (Lipinski definition) is 4. The molecule has 6 nitrogen and oxygen atoms in total. The number of carbonyl (C=O) groups excluding carboxylic acids is 1. The molecule has 2 rings (SSSR count). The van der Waals surface area contributed by atoms with E-state index in [1.54, 1.807) is 7.05 Å². The van der Waals surface area contributed by atoms with Crippen LogP contribution < -0.4 is 5.32 Å². The van der Waals surface area contributed by atoms with Crippen molar-refractivity contribution in [3.05, 3.63) is 36.2 Å². The lowest BCUT2D eigenvalue weighted by Gasteiger charge is -2.02. The first-order chi connectivity index (χ1) is 7.66. The third kappa shape index (κ3) is 2.02. The number of nitrogens with zero attached hydrogens (tertiary/aromatic N) is 4. The number of aromatic nitrogens is 4. The van der Waals surface area contributed by atoms with Gasteiger partial charge in [0.2, 0.25) is 11.9 Å². The Morgan fingerprint density at radius 2 is 2.25 bits per heavy atom. The van der Waals surface area contributed by atoms with Crippen LogP contribution in [-0.2, 0) is 7.05 Å². The molecule has 0 unspecified atom stereocenters. The van der Waals surface area contributed by atoms with Crippen molar-refractivity contribution in [1.82, 2.24) is 19.7 Å². The van der Waals surface area contributed by atoms with Crippen molar-refractivity contribution < 1.29 is 9.18 Å². The summed E-state index contributed by atoms with van der Waals surface area (Å²) in [5.74, 6) is -0.729. The number of pyridine rings is 1. The summed E-state index contributed by atoms with van der Waals surface area (Å²) in [7, 11) is 1.64. The van der Waals surface area contributed by atoms with Gasteiger partial charge in [0.05, 0.1) is 5.56 Å². The Hall–Kier alpha value is -2.31. The van der Waals surface area contributed by atoms with Gasteiger partial charge in [-0.3, -0.25) is 10.1 Å². The van der Waals surface area contributed by atoms with Crippen LogP contribution in [0.4, 0.5) is 10.3 Å². The maximum absolute atomic E-state index is 12.5. The van der Waals surface area contributed by atoms with Crippen molar-refractivity contribution in [3.63, 3.8) is 0 Å². The van der Waals surface area contributed by atoms with Crippen LogP contribution >= 0.6 is 0 Å². The lowest BCUT2D eigenvalue weighted by molar-refractivity contribution is 0.102. The smallest absolute Gasteiger partial charge is 0.259 e. The molecule has 0 aliphatic rings. The van der Waals surface area contributed by atoms with E-state index in [4.69, 9.17) is 0 Å². The highest BCUT2D eigenvalue weighted by molar-refractivity contribution is 6.03. The van der Waals surface area contributed by atoms with Gasteiger partial charge in [0.1, 0.15) is 6.33 Å². The fraction of sp³-hybridized carbons (Fsp3) is 0.111. The molecule has 0 atom stereocenters. The molecule has 0 aliphatic carbocycles. The van der Waals surface area contributed by atoms with Crippen LogP contribution in [0.25, 0.3) is 0 Å². The quantitative estimate of drug-likeness (QED) is 0.754. The van der Waals surface area contributed by atoms with Crippen LogP contribution in [0.2, 0.25) is 0 Å². The average Bonchev–Trinajstić information content (AvgIpc) is 2.65. The molecule has 2 aromatic heterocycles. The number of amides is 1. The first-order valence-electron chi connectivity index (χ1n) is 4.44. The van der Waals surface area contributed by atoms with Crippen LogP contribution in [0.3, 0.4) is 0 Å². The summed E-state index contributed by atoms with van der Waals surface area (Å²) in [5.41, 5.74) is 0.254. The standard InChI is InChI=1S/C9H8FN5O/c1-15-9(12-5-13-15)14-8(16)6-2-3-7(10)11-4-6/h2-5H,1H3,(H,12,13,14,16). The maximum atomic E-state index is 12.5. The molecule has 1 amide bonds. The number of anilines is 1. The van der Waals surface area contributed by atoms with Crippen molar-refractivity contribution in [2.45, 2.75) is 0 Å². The van der Waals surface area contributed by atoms with Gasteiger partial charge in [0.25, 0.3) is 5.91 Å². The minimum absolute atomic E-state index is 0.254. The van der Waals surface area contributed by atoms with Gasteiger partial charge in [0, 0.05) is 13.2 Å². The van der Waals surface area contributed by atoms with Crippen molar-refractivity contribution in [2.24, 2.45) is 7.05 Å². The largest absolute Gasteiger partial charge is 0.291 e. The number of carbonyl (C=O) groups is 1. The fourth-order valence-corrected chi connectivity index (χ4v) is 1.09. The summed E-state index contributed by atoms with van der Waals surface area (Å²) < 4.78 is 13.9. The summed E-state index contributed by atoms with van der Waals surface area (Å²) in [4.78, 5) is 18.8. The molecule has 0 saturated heterocycles. The highest BCUT2D eigenvalue weighted by Crippen LogP contribution is 2.04. The molecule has 7 heteroatoms. The second-order valence-corrected chi connectivity index (χ2v) is 3.03. The Morgan fingerprint density at radius 3 is 2.81 bits per heavy atom. The highest BCUT2D eigenvalue weighted by atomic mass is 19.1. The van der Waals surface area contributed by atoms with Gasteiger partial charge in [-0.2, -0.15) is 14.5 Å². The van der Waals surface area contributed by atoms with E-state index < -0.39 is 11.9 Å². The second kappa shape index (κ2) is 4.05. The number of halogens is 1. The summed E-state index contributed by atoms with van der Waals surface area (Å²) >= 11 is 0. The summed E-state index contributed by atoms with van der Waals surface area (Å²) in [6.07, 6.45) is 2.47. The van der Waals surface area contributed by atoms with Gasteiger partial charge in [-0.05, 0) is 12.1 Å². The second-order valence-electron chi connectivity index (χ2n) is 3.03. The molecule has 2 aromatic rings. The van der Waals surface area contributed by atoms with Crippen molar-refractivity contribution >= 4 is 11.9 Å². The van der Waals surface area contributed by atoms with E-state index in [1.165, 1.54) is 17.1 Å². The summed E-state index contributed by atoms with van der Waals surface area (Å²) in [6.45, 7) is 0. The van der Waals surface area contributed by atoms with Gasteiger partial charge in [-0.15, -0.1) is 0 Å². The van der Waals surface area contributed by atoms with Gasteiger partial charge in [0.15, 0.2) is 0 Å². The molecule has 1 N–H and O–H groups in total. The fourth-order valence-electron chi connectivity index (χ4n) is 1.09. The first-order valence-corrected chi connectivity index (χ1v) is 4.44. The van der Waals surface area contributed by atoms with Crippen molar-refractivity contribution in [1.29, 1.82) is 0 Å². The zero-order chi connectivity index (χ0) is 11.5. The SMILES string of the molecule is Cn1ncnc1NC(=O)c1ccc(F)nc1. The predicted molar refractivity (Wildman–Crippen MR) is 53.2 cm³/mol. The molecule has 0 fully saturated rings. The Balaban J connectivity index is 2.15. The lowest BCUT2D eigenvalue weighted by Crippen LogP contribution is -2.15. The van der Waals surface area contributed by atoms with Crippen molar-refractivity contribution in [2.75, 3.05) is 5.32 Å². The highest BCUT2D eigenvalue weighted by Gasteiger charge is 2.09. The number of aryl methyl sites for hydroxylation is 1. The third-order valence-electron chi connectivity index (χ3n) is 1.93. The van der Waals surface area contributed by atoms with Crippen LogP contribution in [-0.4, -0.2) is 25.7 Å². The van der Waals surface area contributed by atoms with E-state index in [0.29, 0.717) is 5.95 Å². The molecule has 0 aliphatic heterocycles. The van der Waals surface area contributed by atoms with Gasteiger partial charge >= 0.3 is 0 Å². The van der Waals surface area contributed by atoms with Crippen LogP contribution in [0, 0.1) is 5.95 Å². The Morgan fingerprint density at radius 1 is 1.44 bits per heavy atom. The Kier molecular flexibility index (Phi) is 2.59. The summed E-state index contributed by atoms with van der Waals surface area (Å²) in [6, 6.07) is 2.46. The molecule has 82 valence electrons. The number of nitrogens with one attached hydrogen (secondary N) is 1. The molecule has 0 saturated carbocycles. The molecule has 0 radical (unpaired) electrons. The van der Waals surface area contributed by atoms with E-state index in [0.717, 1.165) is 12.3 Å². The van der Waals surface area contributed by atoms with Gasteiger partial charge in [-0.1, -0.05) is 0 Å². The Bertz CT molecular complexity index is 507. The van der Waals surface area contributed by atoms with Crippen LogP contribution in [0.1, 0.15) is 10.4 Å². The average molecular weight is 221 g/mol. The minimum atomic E-state index is -0.629. The predicted octanol–water partition coefficient (Wildman–Crippen LogP) is 0.602. The zero-order valence-corrected chi connectivity index (χ0v) is 8.38. The number of hydrogen-bond donors (Lipinski definition) is 1. The molecule has 0 bridgehead atoms. The Labute approximate surface area is 90.1 Å². The molecular weight excluding hydrogens is 213 g/mol. The minimum Gasteiger partial charge on any atom is -0.291 e. The molecule has 0 spiro atoms. The van der Waals surface area contributed by atoms with E-state index >= 15 is 0 Å². The van der Waals surface area contributed by atoms with E-state index in [-0.39, 0.29) is 5.56 Å². The normalized spacial score (nSPS) is 10.1. The third-order valence-corrected chi connectivity index (χ3v) is 1.93. The monoisotopic (exact) mass is 221 g/mol. The van der Waals surface area contributed by atoms with Gasteiger partial charge < -0.3 is 0 Å². The van der Waals surface area contributed by atoms with E-state index in [9.17, 15) is 9.18 Å².